The molecule has 1 aliphatic rings. The zero-order chi connectivity index (χ0) is 9.14. The van der Waals surface area contributed by atoms with Gasteiger partial charge in [-0.15, -0.1) is 0 Å². The molecule has 0 aliphatic carbocycles. The third-order valence-electron chi connectivity index (χ3n) is 1.99. The van der Waals surface area contributed by atoms with Crippen molar-refractivity contribution in [3.63, 3.8) is 0 Å². The van der Waals surface area contributed by atoms with E-state index in [-0.39, 0.29) is 17.9 Å². The molecular weight excluding hydrogens is 172 g/mol. The molecular formula is C8H16N2OS. The van der Waals surface area contributed by atoms with Crippen molar-refractivity contribution in [1.29, 1.82) is 0 Å². The van der Waals surface area contributed by atoms with Crippen LogP contribution in [0.5, 0.6) is 0 Å². The molecule has 2 atom stereocenters. The predicted molar refractivity (Wildman–Crippen MR) is 52.1 cm³/mol. The Morgan fingerprint density at radius 2 is 2.25 bits per heavy atom. The topological polar surface area (TPSA) is 55.1 Å². The number of hydrogen-bond acceptors (Lipinski definition) is 3. The highest BCUT2D eigenvalue weighted by molar-refractivity contribution is 7.99. The lowest BCUT2D eigenvalue weighted by atomic mass is 10.0. The summed E-state index contributed by atoms with van der Waals surface area (Å²) < 4.78 is 0. The molecule has 0 spiro atoms. The predicted octanol–water partition coefficient (Wildman–Crippen LogP) is 0.201. The van der Waals surface area contributed by atoms with Crippen molar-refractivity contribution in [3.8, 4) is 0 Å². The Morgan fingerprint density at radius 1 is 1.58 bits per heavy atom. The molecule has 1 fully saturated rings. The van der Waals surface area contributed by atoms with Crippen molar-refractivity contribution >= 4 is 17.7 Å². The highest BCUT2D eigenvalue weighted by Crippen LogP contribution is 2.24. The van der Waals surface area contributed by atoms with Gasteiger partial charge >= 0.3 is 0 Å². The van der Waals surface area contributed by atoms with E-state index in [0.717, 1.165) is 11.5 Å². The van der Waals surface area contributed by atoms with E-state index in [1.807, 2.05) is 0 Å². The minimum absolute atomic E-state index is 0.0254. The van der Waals surface area contributed by atoms with Crippen molar-refractivity contribution in [2.24, 2.45) is 11.7 Å². The maximum absolute atomic E-state index is 11.0. The number of nitrogens with two attached hydrogens (primary N) is 1. The number of thioether (sulfide) groups is 1. The van der Waals surface area contributed by atoms with Gasteiger partial charge in [-0.3, -0.25) is 4.79 Å². The SMILES string of the molecule is CC(C)NC1CSCC1C(N)=O. The fraction of sp³-hybridized carbons (Fsp3) is 0.875. The molecule has 0 saturated carbocycles. The van der Waals surface area contributed by atoms with Gasteiger partial charge in [0.15, 0.2) is 0 Å². The fourth-order valence-electron chi connectivity index (χ4n) is 1.43. The van der Waals surface area contributed by atoms with Gasteiger partial charge in [0.1, 0.15) is 0 Å². The molecule has 1 heterocycles. The molecule has 0 aromatic heterocycles. The number of primary amides is 1. The van der Waals surface area contributed by atoms with Crippen LogP contribution in [-0.4, -0.2) is 29.5 Å². The zero-order valence-electron chi connectivity index (χ0n) is 7.54. The normalized spacial score (nSPS) is 29.6. The number of rotatable bonds is 3. The largest absolute Gasteiger partial charge is 0.369 e. The van der Waals surface area contributed by atoms with Crippen molar-refractivity contribution in [3.05, 3.63) is 0 Å². The highest BCUT2D eigenvalue weighted by Gasteiger charge is 2.31. The van der Waals surface area contributed by atoms with Crippen molar-refractivity contribution in [2.75, 3.05) is 11.5 Å². The van der Waals surface area contributed by atoms with E-state index in [0.29, 0.717) is 6.04 Å². The van der Waals surface area contributed by atoms with E-state index >= 15 is 0 Å². The molecule has 1 saturated heterocycles. The fourth-order valence-corrected chi connectivity index (χ4v) is 2.80. The van der Waals surface area contributed by atoms with Gasteiger partial charge in [0.25, 0.3) is 0 Å². The third kappa shape index (κ3) is 2.38. The Bertz CT molecular complexity index is 172. The van der Waals surface area contributed by atoms with E-state index in [1.54, 1.807) is 11.8 Å². The molecule has 12 heavy (non-hydrogen) atoms. The van der Waals surface area contributed by atoms with Crippen LogP contribution in [0.1, 0.15) is 13.8 Å². The summed E-state index contributed by atoms with van der Waals surface area (Å²) in [6.07, 6.45) is 0. The molecule has 3 N–H and O–H groups in total. The Kier molecular flexibility index (Phi) is 3.40. The second kappa shape index (κ2) is 4.14. The number of amides is 1. The van der Waals surface area contributed by atoms with Crippen LogP contribution in [0.4, 0.5) is 0 Å². The van der Waals surface area contributed by atoms with Crippen LogP contribution in [-0.2, 0) is 4.79 Å². The van der Waals surface area contributed by atoms with Crippen LogP contribution >= 0.6 is 11.8 Å². The second-order valence-corrected chi connectivity index (χ2v) is 4.55. The lowest BCUT2D eigenvalue weighted by Gasteiger charge is -2.19. The Hall–Kier alpha value is -0.220. The Labute approximate surface area is 77.5 Å². The first-order valence-electron chi connectivity index (χ1n) is 4.24. The van der Waals surface area contributed by atoms with Gasteiger partial charge < -0.3 is 11.1 Å². The first-order chi connectivity index (χ1) is 5.61. The molecule has 4 heteroatoms. The second-order valence-electron chi connectivity index (χ2n) is 3.47. The summed E-state index contributed by atoms with van der Waals surface area (Å²) in [7, 11) is 0. The van der Waals surface area contributed by atoms with Crippen molar-refractivity contribution in [2.45, 2.75) is 25.9 Å². The summed E-state index contributed by atoms with van der Waals surface area (Å²) >= 11 is 1.80. The van der Waals surface area contributed by atoms with Crippen LogP contribution in [0, 0.1) is 5.92 Å². The van der Waals surface area contributed by atoms with Gasteiger partial charge in [-0.05, 0) is 0 Å². The summed E-state index contributed by atoms with van der Waals surface area (Å²) in [5.74, 6) is 1.74. The zero-order valence-corrected chi connectivity index (χ0v) is 8.36. The maximum atomic E-state index is 11.0. The van der Waals surface area contributed by atoms with Crippen LogP contribution in [0.3, 0.4) is 0 Å². The molecule has 2 unspecified atom stereocenters. The summed E-state index contributed by atoms with van der Waals surface area (Å²) in [6.45, 7) is 4.17. The van der Waals surface area contributed by atoms with Crippen LogP contribution in [0.2, 0.25) is 0 Å². The summed E-state index contributed by atoms with van der Waals surface area (Å²) in [5, 5.41) is 3.35. The minimum Gasteiger partial charge on any atom is -0.369 e. The number of carbonyl (C=O) groups is 1. The van der Waals surface area contributed by atoms with Gasteiger partial charge in [-0.1, -0.05) is 13.8 Å². The summed E-state index contributed by atoms with van der Waals surface area (Å²) in [6, 6.07) is 0.711. The number of nitrogens with one attached hydrogen (secondary N) is 1. The lowest BCUT2D eigenvalue weighted by molar-refractivity contribution is -0.121. The van der Waals surface area contributed by atoms with Gasteiger partial charge in [0.2, 0.25) is 5.91 Å². The van der Waals surface area contributed by atoms with Gasteiger partial charge in [0, 0.05) is 23.6 Å². The molecule has 3 nitrogen and oxygen atoms in total. The van der Waals surface area contributed by atoms with Crippen LogP contribution in [0.15, 0.2) is 0 Å². The number of hydrogen-bond donors (Lipinski definition) is 2. The average Bonchev–Trinajstić information content (AvgIpc) is 2.33. The third-order valence-corrected chi connectivity index (χ3v) is 3.18. The summed E-state index contributed by atoms with van der Waals surface area (Å²) in [4.78, 5) is 11.0. The Morgan fingerprint density at radius 3 is 2.75 bits per heavy atom. The molecule has 1 rings (SSSR count). The average molecular weight is 188 g/mol. The quantitative estimate of drug-likeness (QED) is 0.665. The summed E-state index contributed by atoms with van der Waals surface area (Å²) in [5.41, 5.74) is 5.27. The van der Waals surface area contributed by atoms with Gasteiger partial charge in [-0.25, -0.2) is 0 Å². The van der Waals surface area contributed by atoms with E-state index in [1.165, 1.54) is 0 Å². The first-order valence-corrected chi connectivity index (χ1v) is 5.40. The molecule has 70 valence electrons. The van der Waals surface area contributed by atoms with Gasteiger partial charge in [-0.2, -0.15) is 11.8 Å². The van der Waals surface area contributed by atoms with Crippen molar-refractivity contribution < 1.29 is 4.79 Å². The van der Waals surface area contributed by atoms with E-state index in [4.69, 9.17) is 5.73 Å². The molecule has 1 aliphatic heterocycles. The molecule has 0 radical (unpaired) electrons. The highest BCUT2D eigenvalue weighted by atomic mass is 32.2. The lowest BCUT2D eigenvalue weighted by Crippen LogP contribution is -2.44. The monoisotopic (exact) mass is 188 g/mol. The van der Waals surface area contributed by atoms with Crippen LogP contribution < -0.4 is 11.1 Å². The van der Waals surface area contributed by atoms with E-state index in [9.17, 15) is 4.79 Å². The smallest absolute Gasteiger partial charge is 0.222 e. The Balaban J connectivity index is 2.46. The minimum atomic E-state index is -0.168. The standard InChI is InChI=1S/C8H16N2OS/c1-5(2)10-7-4-12-3-6(7)8(9)11/h5-7,10H,3-4H2,1-2H3,(H2,9,11). The molecule has 0 aromatic carbocycles. The van der Waals surface area contributed by atoms with Gasteiger partial charge in [0.05, 0.1) is 5.92 Å². The van der Waals surface area contributed by atoms with E-state index in [2.05, 4.69) is 19.2 Å². The number of carbonyl (C=O) groups excluding carboxylic acids is 1. The molecule has 0 aromatic rings. The molecule has 0 bridgehead atoms. The van der Waals surface area contributed by atoms with Crippen LogP contribution in [0.25, 0.3) is 0 Å². The maximum Gasteiger partial charge on any atom is 0.222 e. The van der Waals surface area contributed by atoms with Crippen molar-refractivity contribution in [1.82, 2.24) is 5.32 Å². The first kappa shape index (κ1) is 9.86. The van der Waals surface area contributed by atoms with E-state index < -0.39 is 0 Å². The molecule has 1 amide bonds.